The molecule has 0 aliphatic rings. The van der Waals surface area contributed by atoms with Gasteiger partial charge < -0.3 is 5.73 Å². The Hall–Kier alpha value is -1.11. The summed E-state index contributed by atoms with van der Waals surface area (Å²) < 4.78 is 15.8. The molecule has 1 aromatic heterocycles. The molecular formula is C13H15FIN3. The Morgan fingerprint density at radius 3 is 2.56 bits per heavy atom. The van der Waals surface area contributed by atoms with Gasteiger partial charge in [-0.25, -0.2) is 9.07 Å². The molecule has 0 unspecified atom stereocenters. The number of rotatable bonds is 2. The first-order chi connectivity index (χ1) is 8.41. The van der Waals surface area contributed by atoms with Gasteiger partial charge in [-0.05, 0) is 59.2 Å². The molecule has 1 heterocycles. The lowest BCUT2D eigenvalue weighted by Crippen LogP contribution is -2.04. The summed E-state index contributed by atoms with van der Waals surface area (Å²) >= 11 is 2.20. The molecule has 2 aromatic rings. The van der Waals surface area contributed by atoms with E-state index in [9.17, 15) is 4.39 Å². The van der Waals surface area contributed by atoms with Crippen molar-refractivity contribution in [2.45, 2.75) is 26.7 Å². The molecule has 0 saturated carbocycles. The van der Waals surface area contributed by atoms with Crippen molar-refractivity contribution in [1.29, 1.82) is 0 Å². The van der Waals surface area contributed by atoms with Gasteiger partial charge in [0.25, 0.3) is 0 Å². The average Bonchev–Trinajstić information content (AvgIpc) is 2.57. The first kappa shape index (κ1) is 13.3. The summed E-state index contributed by atoms with van der Waals surface area (Å²) in [6.07, 6.45) is 0. The minimum atomic E-state index is -0.249. The van der Waals surface area contributed by atoms with Crippen LogP contribution in [0.5, 0.6) is 0 Å². The van der Waals surface area contributed by atoms with Gasteiger partial charge in [0.05, 0.1) is 15.0 Å². The monoisotopic (exact) mass is 359 g/mol. The normalized spacial score (nSPS) is 11.2. The van der Waals surface area contributed by atoms with Crippen molar-refractivity contribution in [3.8, 4) is 5.69 Å². The highest BCUT2D eigenvalue weighted by Crippen LogP contribution is 2.28. The van der Waals surface area contributed by atoms with Crippen LogP contribution in [0.2, 0.25) is 0 Å². The quantitative estimate of drug-likeness (QED) is 0.833. The summed E-state index contributed by atoms with van der Waals surface area (Å²) in [6.45, 7) is 6.00. The van der Waals surface area contributed by atoms with Crippen molar-refractivity contribution in [2.24, 2.45) is 0 Å². The Kier molecular flexibility index (Phi) is 3.61. The molecule has 0 fully saturated rings. The highest BCUT2D eigenvalue weighted by Gasteiger charge is 2.17. The zero-order valence-corrected chi connectivity index (χ0v) is 12.7. The fourth-order valence-electron chi connectivity index (χ4n) is 1.84. The molecule has 0 bridgehead atoms. The summed E-state index contributed by atoms with van der Waals surface area (Å²) in [5, 5.41) is 4.53. The number of aryl methyl sites for hydroxylation is 1. The summed E-state index contributed by atoms with van der Waals surface area (Å²) in [4.78, 5) is 0. The maximum absolute atomic E-state index is 13.1. The molecule has 1 aromatic carbocycles. The molecule has 0 saturated heterocycles. The second-order valence-corrected chi connectivity index (χ2v) is 5.66. The third-order valence-corrected chi connectivity index (χ3v) is 3.92. The van der Waals surface area contributed by atoms with E-state index in [4.69, 9.17) is 5.73 Å². The SMILES string of the molecule is Cc1cc(F)ccc1-n1nc(C(C)C)c(I)c1N. The number of anilines is 1. The van der Waals surface area contributed by atoms with Crippen LogP contribution in [0, 0.1) is 16.3 Å². The number of nitrogen functional groups attached to an aromatic ring is 1. The fourth-order valence-corrected chi connectivity index (χ4v) is 2.80. The lowest BCUT2D eigenvalue weighted by atomic mass is 10.1. The highest BCUT2D eigenvalue weighted by atomic mass is 127. The van der Waals surface area contributed by atoms with Crippen LogP contribution >= 0.6 is 22.6 Å². The Morgan fingerprint density at radius 1 is 1.39 bits per heavy atom. The third-order valence-electron chi connectivity index (χ3n) is 2.82. The minimum absolute atomic E-state index is 0.249. The van der Waals surface area contributed by atoms with Crippen molar-refractivity contribution in [2.75, 3.05) is 5.73 Å². The lowest BCUT2D eigenvalue weighted by Gasteiger charge is -2.07. The van der Waals surface area contributed by atoms with Gasteiger partial charge in [-0.15, -0.1) is 0 Å². The van der Waals surface area contributed by atoms with Gasteiger partial charge in [-0.3, -0.25) is 0 Å². The van der Waals surface area contributed by atoms with E-state index in [0.29, 0.717) is 11.7 Å². The van der Waals surface area contributed by atoms with Crippen LogP contribution in [-0.4, -0.2) is 9.78 Å². The van der Waals surface area contributed by atoms with Crippen LogP contribution in [0.25, 0.3) is 5.69 Å². The lowest BCUT2D eigenvalue weighted by molar-refractivity contribution is 0.625. The molecule has 0 spiro atoms. The molecule has 0 aliphatic carbocycles. The van der Waals surface area contributed by atoms with E-state index in [1.165, 1.54) is 12.1 Å². The topological polar surface area (TPSA) is 43.8 Å². The number of aromatic nitrogens is 2. The van der Waals surface area contributed by atoms with Gasteiger partial charge in [0.15, 0.2) is 0 Å². The molecule has 18 heavy (non-hydrogen) atoms. The standard InChI is InChI=1S/C13H15FIN3/c1-7(2)12-11(15)13(16)18(17-12)10-5-4-9(14)6-8(10)3/h4-7H,16H2,1-3H3. The van der Waals surface area contributed by atoms with Crippen molar-refractivity contribution < 1.29 is 4.39 Å². The Morgan fingerprint density at radius 2 is 2.06 bits per heavy atom. The predicted octanol–water partition coefficient (Wildman–Crippen LogP) is 3.63. The molecule has 2 rings (SSSR count). The van der Waals surface area contributed by atoms with Gasteiger partial charge in [0.2, 0.25) is 0 Å². The van der Waals surface area contributed by atoms with Crippen molar-refractivity contribution in [1.82, 2.24) is 9.78 Å². The molecular weight excluding hydrogens is 344 g/mol. The smallest absolute Gasteiger partial charge is 0.141 e. The molecule has 0 atom stereocenters. The number of hydrogen-bond acceptors (Lipinski definition) is 2. The maximum Gasteiger partial charge on any atom is 0.141 e. The molecule has 0 aliphatic heterocycles. The van der Waals surface area contributed by atoms with Crippen molar-refractivity contribution in [3.63, 3.8) is 0 Å². The third kappa shape index (κ3) is 2.23. The van der Waals surface area contributed by atoms with Crippen LogP contribution in [0.4, 0.5) is 10.2 Å². The molecule has 5 heteroatoms. The summed E-state index contributed by atoms with van der Waals surface area (Å²) in [5.41, 5.74) is 8.68. The Labute approximate surface area is 119 Å². The number of halogens is 2. The van der Waals surface area contributed by atoms with Gasteiger partial charge in [0, 0.05) is 0 Å². The van der Waals surface area contributed by atoms with E-state index in [2.05, 4.69) is 41.5 Å². The van der Waals surface area contributed by atoms with Gasteiger partial charge in [0.1, 0.15) is 11.6 Å². The highest BCUT2D eigenvalue weighted by molar-refractivity contribution is 14.1. The average molecular weight is 359 g/mol. The molecule has 0 amide bonds. The Bertz CT molecular complexity index is 590. The van der Waals surface area contributed by atoms with Gasteiger partial charge in [-0.2, -0.15) is 5.10 Å². The summed E-state index contributed by atoms with van der Waals surface area (Å²) in [6, 6.07) is 4.61. The van der Waals surface area contributed by atoms with E-state index < -0.39 is 0 Å². The second kappa shape index (κ2) is 4.87. The summed E-state index contributed by atoms with van der Waals surface area (Å²) in [7, 11) is 0. The van der Waals surface area contributed by atoms with Crippen LogP contribution in [0.15, 0.2) is 18.2 Å². The second-order valence-electron chi connectivity index (χ2n) is 4.58. The fraction of sp³-hybridized carbons (Fsp3) is 0.308. The van der Waals surface area contributed by atoms with Crippen LogP contribution in [0.1, 0.15) is 31.0 Å². The van der Waals surface area contributed by atoms with Crippen molar-refractivity contribution in [3.05, 3.63) is 38.8 Å². The zero-order chi connectivity index (χ0) is 13.4. The molecule has 2 N–H and O–H groups in total. The van der Waals surface area contributed by atoms with E-state index >= 15 is 0 Å². The molecule has 0 radical (unpaired) electrons. The van der Waals surface area contributed by atoms with Gasteiger partial charge >= 0.3 is 0 Å². The maximum atomic E-state index is 13.1. The van der Waals surface area contributed by atoms with Crippen LogP contribution in [0.3, 0.4) is 0 Å². The van der Waals surface area contributed by atoms with Crippen LogP contribution < -0.4 is 5.73 Å². The van der Waals surface area contributed by atoms with Crippen molar-refractivity contribution >= 4 is 28.4 Å². The van der Waals surface area contributed by atoms with E-state index in [1.54, 1.807) is 10.7 Å². The largest absolute Gasteiger partial charge is 0.383 e. The summed E-state index contributed by atoms with van der Waals surface area (Å²) in [5.74, 6) is 0.663. The zero-order valence-electron chi connectivity index (χ0n) is 10.5. The number of nitrogens with two attached hydrogens (primary N) is 1. The minimum Gasteiger partial charge on any atom is -0.383 e. The van der Waals surface area contributed by atoms with E-state index in [1.807, 2.05) is 6.92 Å². The molecule has 3 nitrogen and oxygen atoms in total. The number of nitrogens with zero attached hydrogens (tertiary/aromatic N) is 2. The Balaban J connectivity index is 2.61. The first-order valence-electron chi connectivity index (χ1n) is 5.72. The van der Waals surface area contributed by atoms with Gasteiger partial charge in [-0.1, -0.05) is 13.8 Å². The first-order valence-corrected chi connectivity index (χ1v) is 6.80. The number of hydrogen-bond donors (Lipinski definition) is 1. The predicted molar refractivity (Wildman–Crippen MR) is 79.5 cm³/mol. The van der Waals surface area contributed by atoms with E-state index in [-0.39, 0.29) is 5.82 Å². The molecule has 96 valence electrons. The number of benzene rings is 1. The van der Waals surface area contributed by atoms with Crippen LogP contribution in [-0.2, 0) is 0 Å². The van der Waals surface area contributed by atoms with E-state index in [0.717, 1.165) is 20.5 Å².